The lowest BCUT2D eigenvalue weighted by atomic mass is 10.2. The van der Waals surface area contributed by atoms with E-state index in [4.69, 9.17) is 21.2 Å². The lowest BCUT2D eigenvalue weighted by Gasteiger charge is -2.04. The highest BCUT2D eigenvalue weighted by Gasteiger charge is 2.36. The van der Waals surface area contributed by atoms with E-state index in [9.17, 15) is 13.2 Å². The van der Waals surface area contributed by atoms with Crippen LogP contribution in [0.2, 0.25) is 5.02 Å². The minimum Gasteiger partial charge on any atom is -0.460 e. The van der Waals surface area contributed by atoms with Crippen molar-refractivity contribution < 1.29 is 17.6 Å². The lowest BCUT2D eigenvalue weighted by molar-refractivity contribution is 0.0955. The smallest absolute Gasteiger partial charge is 0.271 e. The molecular weight excluding hydrogens is 366 g/mol. The van der Waals surface area contributed by atoms with Crippen LogP contribution < -0.4 is 10.6 Å². The van der Waals surface area contributed by atoms with E-state index in [1.54, 1.807) is 6.07 Å². The van der Waals surface area contributed by atoms with Crippen LogP contribution in [0.5, 0.6) is 0 Å². The number of rotatable bonds is 5. The highest BCUT2D eigenvalue weighted by molar-refractivity contribution is 7.89. The summed E-state index contributed by atoms with van der Waals surface area (Å²) in [4.78, 5) is 11.7. The van der Waals surface area contributed by atoms with E-state index in [1.165, 1.54) is 18.3 Å². The van der Waals surface area contributed by atoms with Crippen molar-refractivity contribution in [3.05, 3.63) is 52.4 Å². The van der Waals surface area contributed by atoms with Crippen LogP contribution >= 0.6 is 11.6 Å². The number of hydrogen-bond acceptors (Lipinski definition) is 5. The molecule has 1 fully saturated rings. The molecule has 132 valence electrons. The molecule has 2 aromatic rings. The normalized spacial score (nSPS) is 20.0. The lowest BCUT2D eigenvalue weighted by Crippen LogP contribution is -2.19. The largest absolute Gasteiger partial charge is 0.460 e. The molecule has 1 aliphatic rings. The highest BCUT2D eigenvalue weighted by Crippen LogP contribution is 2.47. The van der Waals surface area contributed by atoms with E-state index in [0.29, 0.717) is 17.6 Å². The summed E-state index contributed by atoms with van der Waals surface area (Å²) in [7, 11) is -4.02. The second kappa shape index (κ2) is 6.62. The van der Waals surface area contributed by atoms with E-state index >= 15 is 0 Å². The number of amides is 1. The number of nitrogens with two attached hydrogens (primary N) is 1. The number of furan rings is 1. The summed E-state index contributed by atoms with van der Waals surface area (Å²) >= 11 is 5.78. The summed E-state index contributed by atoms with van der Waals surface area (Å²) in [6.07, 6.45) is 2.49. The molecule has 1 aromatic heterocycles. The number of hydrazone groups is 1. The molecule has 0 aliphatic heterocycles. The Kier molecular flexibility index (Phi) is 4.68. The first-order chi connectivity index (χ1) is 11.8. The summed E-state index contributed by atoms with van der Waals surface area (Å²) in [5, 5.41) is 8.82. The van der Waals surface area contributed by atoms with Gasteiger partial charge in [-0.25, -0.2) is 19.0 Å². The predicted molar refractivity (Wildman–Crippen MR) is 93.1 cm³/mol. The number of nitrogens with zero attached hydrogens (tertiary/aromatic N) is 1. The second-order valence-corrected chi connectivity index (χ2v) is 7.89. The van der Waals surface area contributed by atoms with E-state index < -0.39 is 15.9 Å². The molecule has 9 heteroatoms. The van der Waals surface area contributed by atoms with Crippen LogP contribution in [0.4, 0.5) is 0 Å². The third kappa shape index (κ3) is 4.09. The first-order valence-corrected chi connectivity index (χ1v) is 9.43. The fraction of sp³-hybridized carbons (Fsp3) is 0.250. The number of halogens is 1. The van der Waals surface area contributed by atoms with Crippen LogP contribution in [-0.4, -0.2) is 20.5 Å². The molecule has 1 saturated carbocycles. The summed E-state index contributed by atoms with van der Waals surface area (Å²) in [6, 6.07) is 7.44. The van der Waals surface area contributed by atoms with Crippen molar-refractivity contribution in [3.8, 4) is 0 Å². The van der Waals surface area contributed by atoms with Gasteiger partial charge in [-0.2, -0.15) is 5.10 Å². The maximum Gasteiger partial charge on any atom is 0.271 e. The van der Waals surface area contributed by atoms with Gasteiger partial charge in [-0.1, -0.05) is 18.5 Å². The van der Waals surface area contributed by atoms with Crippen molar-refractivity contribution in [2.45, 2.75) is 24.2 Å². The Hall–Kier alpha value is -2.16. The molecule has 2 atom stereocenters. The highest BCUT2D eigenvalue weighted by atomic mass is 35.5. The van der Waals surface area contributed by atoms with E-state index in [0.717, 1.165) is 18.2 Å². The zero-order valence-corrected chi connectivity index (χ0v) is 14.8. The van der Waals surface area contributed by atoms with Crippen molar-refractivity contribution >= 4 is 33.7 Å². The molecule has 1 amide bonds. The molecule has 0 saturated heterocycles. The van der Waals surface area contributed by atoms with Gasteiger partial charge in [0.05, 0.1) is 11.2 Å². The molecule has 0 spiro atoms. The van der Waals surface area contributed by atoms with Gasteiger partial charge in [-0.3, -0.25) is 4.79 Å². The summed E-state index contributed by atoms with van der Waals surface area (Å²) < 4.78 is 28.5. The average Bonchev–Trinajstić information content (AvgIpc) is 3.07. The van der Waals surface area contributed by atoms with Crippen LogP contribution in [-0.2, 0) is 10.0 Å². The number of sulfonamides is 1. The van der Waals surface area contributed by atoms with Crippen molar-refractivity contribution in [2.24, 2.45) is 16.2 Å². The average molecular weight is 382 g/mol. The van der Waals surface area contributed by atoms with Gasteiger partial charge in [0.1, 0.15) is 16.4 Å². The fourth-order valence-corrected chi connectivity index (χ4v) is 3.51. The molecule has 0 radical (unpaired) electrons. The SMILES string of the molecule is C[C@@H]1C[C@H]1c1ccc(/C=N\NC(=O)c2ccc(Cl)c(S(N)(=O)=O)c2)o1. The molecule has 3 N–H and O–H groups in total. The van der Waals surface area contributed by atoms with Crippen LogP contribution in [0.1, 0.15) is 41.1 Å². The zero-order chi connectivity index (χ0) is 18.2. The third-order valence-corrected chi connectivity index (χ3v) is 5.37. The monoisotopic (exact) mass is 381 g/mol. The predicted octanol–water partition coefficient (Wildman–Crippen LogP) is 2.47. The van der Waals surface area contributed by atoms with Gasteiger partial charge >= 0.3 is 0 Å². The molecular formula is C16H16ClN3O4S. The molecule has 0 unspecified atom stereocenters. The van der Waals surface area contributed by atoms with Crippen molar-refractivity contribution in [1.82, 2.24) is 5.43 Å². The molecule has 1 aromatic carbocycles. The minimum atomic E-state index is -4.02. The maximum absolute atomic E-state index is 12.1. The van der Waals surface area contributed by atoms with Gasteiger partial charge in [0.2, 0.25) is 10.0 Å². The third-order valence-electron chi connectivity index (χ3n) is 3.98. The number of carbonyl (C=O) groups is 1. The Labute approximate surface area is 149 Å². The Morgan fingerprint density at radius 3 is 2.76 bits per heavy atom. The van der Waals surface area contributed by atoms with E-state index in [-0.39, 0.29) is 15.5 Å². The van der Waals surface area contributed by atoms with Gasteiger partial charge < -0.3 is 4.42 Å². The second-order valence-electron chi connectivity index (χ2n) is 5.95. The standard InChI is InChI=1S/C16H16ClN3O4S/c1-9-6-12(9)14-5-3-11(24-14)8-19-20-16(21)10-2-4-13(17)15(7-10)25(18,22)23/h2-5,7-9,12H,6H2,1H3,(H,20,21)(H2,18,22,23)/b19-8-/t9-,12-/m1/s1. The number of carbonyl (C=O) groups excluding carboxylic acids is 1. The van der Waals surface area contributed by atoms with Crippen molar-refractivity contribution in [2.75, 3.05) is 0 Å². The van der Waals surface area contributed by atoms with Crippen LogP contribution in [0.15, 0.2) is 44.7 Å². The Balaban J connectivity index is 1.67. The quantitative estimate of drug-likeness (QED) is 0.611. The topological polar surface area (TPSA) is 115 Å². The molecule has 3 rings (SSSR count). The fourth-order valence-electron chi connectivity index (χ4n) is 2.44. The number of benzene rings is 1. The van der Waals surface area contributed by atoms with Crippen molar-refractivity contribution in [1.29, 1.82) is 0 Å². The zero-order valence-electron chi connectivity index (χ0n) is 13.3. The van der Waals surface area contributed by atoms with Crippen LogP contribution in [0.25, 0.3) is 0 Å². The van der Waals surface area contributed by atoms with Gasteiger partial charge in [0.25, 0.3) is 5.91 Å². The molecule has 7 nitrogen and oxygen atoms in total. The Morgan fingerprint density at radius 1 is 1.40 bits per heavy atom. The van der Waals surface area contributed by atoms with E-state index in [2.05, 4.69) is 17.5 Å². The Bertz CT molecular complexity index is 952. The summed E-state index contributed by atoms with van der Waals surface area (Å²) in [5.41, 5.74) is 2.37. The van der Waals surface area contributed by atoms with E-state index in [1.807, 2.05) is 6.07 Å². The molecule has 0 bridgehead atoms. The molecule has 1 heterocycles. The van der Waals surface area contributed by atoms with Gasteiger partial charge in [-0.05, 0) is 42.7 Å². The number of hydrogen-bond donors (Lipinski definition) is 2. The summed E-state index contributed by atoms with van der Waals surface area (Å²) in [5.74, 6) is 1.93. The number of nitrogens with one attached hydrogen (secondary N) is 1. The minimum absolute atomic E-state index is 0.0556. The number of primary sulfonamides is 1. The first-order valence-electron chi connectivity index (χ1n) is 7.51. The van der Waals surface area contributed by atoms with Gasteiger partial charge in [0.15, 0.2) is 0 Å². The van der Waals surface area contributed by atoms with Crippen LogP contribution in [0.3, 0.4) is 0 Å². The molecule has 1 aliphatic carbocycles. The maximum atomic E-state index is 12.1. The Morgan fingerprint density at radius 2 is 2.12 bits per heavy atom. The first kappa shape index (κ1) is 17.7. The molecule has 25 heavy (non-hydrogen) atoms. The summed E-state index contributed by atoms with van der Waals surface area (Å²) in [6.45, 7) is 2.16. The van der Waals surface area contributed by atoms with Gasteiger partial charge in [0, 0.05) is 11.5 Å². The van der Waals surface area contributed by atoms with Crippen LogP contribution in [0, 0.1) is 5.92 Å². The van der Waals surface area contributed by atoms with Gasteiger partial charge in [-0.15, -0.1) is 0 Å². The van der Waals surface area contributed by atoms with Crippen molar-refractivity contribution in [3.63, 3.8) is 0 Å².